The topological polar surface area (TPSA) is 6.48 Å². The third kappa shape index (κ3) is 5.97. The number of anilines is 5. The second kappa shape index (κ2) is 13.6. The Morgan fingerprint density at radius 3 is 1.95 bits per heavy atom. The zero-order valence-electron chi connectivity index (χ0n) is 36.7. The van der Waals surface area contributed by atoms with Crippen LogP contribution in [0.3, 0.4) is 0 Å². The summed E-state index contributed by atoms with van der Waals surface area (Å²) in [7, 11) is 0. The van der Waals surface area contributed by atoms with Gasteiger partial charge in [-0.05, 0) is 145 Å². The molecule has 0 saturated carbocycles. The number of nitrogens with zero attached hydrogens (tertiary/aromatic N) is 2. The van der Waals surface area contributed by atoms with Crippen molar-refractivity contribution in [3.8, 4) is 33.4 Å². The van der Waals surface area contributed by atoms with Crippen LogP contribution in [0.5, 0.6) is 0 Å². The molecule has 3 heterocycles. The molecule has 11 rings (SSSR count). The highest BCUT2D eigenvalue weighted by molar-refractivity contribution is 7.26. The number of thiophene rings is 1. The monoisotopic (exact) mass is 808 g/mol. The van der Waals surface area contributed by atoms with Gasteiger partial charge < -0.3 is 9.71 Å². The van der Waals surface area contributed by atoms with E-state index in [1.807, 2.05) is 11.3 Å². The number of fused-ring (bicyclic) bond motifs is 7. The molecule has 0 bridgehead atoms. The molecule has 3 aliphatic rings. The van der Waals surface area contributed by atoms with E-state index in [0.29, 0.717) is 0 Å². The number of hydrogen-bond donors (Lipinski definition) is 0. The molecule has 1 aliphatic carbocycles. The van der Waals surface area contributed by atoms with E-state index in [2.05, 4.69) is 217 Å². The molecule has 0 atom stereocenters. The van der Waals surface area contributed by atoms with Gasteiger partial charge in [-0.1, -0.05) is 152 Å². The molecule has 7 aromatic carbocycles. The molecule has 0 unspecified atom stereocenters. The maximum Gasteiger partial charge on any atom is 0.334 e. The van der Waals surface area contributed by atoms with Crippen LogP contribution in [0.25, 0.3) is 43.5 Å². The highest BCUT2D eigenvalue weighted by Crippen LogP contribution is 2.54. The van der Waals surface area contributed by atoms with Gasteiger partial charge in [-0.2, -0.15) is 0 Å². The maximum absolute atomic E-state index is 2.72. The van der Waals surface area contributed by atoms with Crippen molar-refractivity contribution in [2.45, 2.75) is 84.5 Å². The second-order valence-electron chi connectivity index (χ2n) is 20.1. The first-order chi connectivity index (χ1) is 29.3. The van der Waals surface area contributed by atoms with Crippen LogP contribution in [-0.4, -0.2) is 6.85 Å². The van der Waals surface area contributed by atoms with Gasteiger partial charge in [-0.25, -0.2) is 0 Å². The Morgan fingerprint density at radius 2 is 1.21 bits per heavy atom. The van der Waals surface area contributed by atoms with Crippen molar-refractivity contribution < 1.29 is 0 Å². The van der Waals surface area contributed by atoms with Gasteiger partial charge in [0.2, 0.25) is 0 Å². The van der Waals surface area contributed by atoms with E-state index < -0.39 is 0 Å². The zero-order valence-corrected chi connectivity index (χ0v) is 37.5. The molecular weight excluding hydrogens is 756 g/mol. The number of benzene rings is 7. The van der Waals surface area contributed by atoms with Crippen LogP contribution in [-0.2, 0) is 16.2 Å². The standard InChI is InChI=1S/C57H53BN2S/c1-36-31-45-44-33-39(37-17-11-9-12-18-37)23-27-49(44)60(41-25-26-46-47(35-41)57(7,8)30-29-56(46,5)6)58-52(45)50(32-36)59(54-53(58)42-21-15-16-22-51(42)61-54)48-28-24-40(55(2,3)4)34-43(48)38-19-13-10-14-20-38/h9-28,31-35H,29-30H2,1-8H3. The molecular formula is C57H53BN2S. The average Bonchev–Trinajstić information content (AvgIpc) is 3.64. The van der Waals surface area contributed by atoms with Crippen LogP contribution in [0.15, 0.2) is 152 Å². The summed E-state index contributed by atoms with van der Waals surface area (Å²) in [5.74, 6) is 0. The Balaban J connectivity index is 1.25. The summed E-state index contributed by atoms with van der Waals surface area (Å²) in [6.07, 6.45) is 2.37. The molecule has 61 heavy (non-hydrogen) atoms. The highest BCUT2D eigenvalue weighted by atomic mass is 32.1. The van der Waals surface area contributed by atoms with E-state index in [9.17, 15) is 0 Å². The van der Waals surface area contributed by atoms with Gasteiger partial charge in [-0.3, -0.25) is 0 Å². The number of aryl methyl sites for hydroxylation is 1. The average molecular weight is 809 g/mol. The van der Waals surface area contributed by atoms with E-state index in [1.54, 1.807) is 0 Å². The third-order valence-electron chi connectivity index (χ3n) is 14.1. The molecule has 0 fully saturated rings. The molecule has 0 saturated heterocycles. The largest absolute Gasteiger partial charge is 0.376 e. The summed E-state index contributed by atoms with van der Waals surface area (Å²) in [5, 5.41) is 2.63. The normalized spacial score (nSPS) is 15.9. The van der Waals surface area contributed by atoms with Crippen molar-refractivity contribution in [2.24, 2.45) is 0 Å². The summed E-state index contributed by atoms with van der Waals surface area (Å²) in [4.78, 5) is 5.36. The Morgan fingerprint density at radius 1 is 0.541 bits per heavy atom. The predicted octanol–water partition coefficient (Wildman–Crippen LogP) is 14.9. The quantitative estimate of drug-likeness (QED) is 0.163. The molecule has 4 heteroatoms. The molecule has 300 valence electrons. The molecule has 0 amide bonds. The molecule has 1 aromatic heterocycles. The van der Waals surface area contributed by atoms with Crippen LogP contribution in [0.2, 0.25) is 0 Å². The van der Waals surface area contributed by atoms with Gasteiger partial charge in [0.15, 0.2) is 0 Å². The van der Waals surface area contributed by atoms with E-state index in [4.69, 9.17) is 0 Å². The van der Waals surface area contributed by atoms with Crippen molar-refractivity contribution in [3.05, 3.63) is 174 Å². The van der Waals surface area contributed by atoms with Gasteiger partial charge in [-0.15, -0.1) is 11.3 Å². The minimum absolute atomic E-state index is 0.000343. The van der Waals surface area contributed by atoms with Crippen LogP contribution < -0.4 is 20.6 Å². The predicted molar refractivity (Wildman–Crippen MR) is 265 cm³/mol. The molecule has 8 aromatic rings. The smallest absolute Gasteiger partial charge is 0.334 e. The maximum atomic E-state index is 2.72. The minimum Gasteiger partial charge on any atom is -0.376 e. The summed E-state index contributed by atoms with van der Waals surface area (Å²) >= 11 is 1.93. The van der Waals surface area contributed by atoms with E-state index in [0.717, 1.165) is 0 Å². The van der Waals surface area contributed by atoms with E-state index in [1.165, 1.54) is 117 Å². The number of hydrogen-bond acceptors (Lipinski definition) is 3. The van der Waals surface area contributed by atoms with Crippen LogP contribution in [0.4, 0.5) is 27.8 Å². The number of rotatable bonds is 4. The van der Waals surface area contributed by atoms with Crippen LogP contribution in [0.1, 0.15) is 83.6 Å². The molecule has 0 spiro atoms. The lowest BCUT2D eigenvalue weighted by Gasteiger charge is -2.46. The van der Waals surface area contributed by atoms with Gasteiger partial charge in [0.25, 0.3) is 0 Å². The van der Waals surface area contributed by atoms with Crippen molar-refractivity contribution in [1.82, 2.24) is 0 Å². The Labute approximate surface area is 366 Å². The Hall–Kier alpha value is -5.84. The summed E-state index contributed by atoms with van der Waals surface area (Å²) < 4.78 is 1.31. The highest BCUT2D eigenvalue weighted by Gasteiger charge is 2.48. The lowest BCUT2D eigenvalue weighted by molar-refractivity contribution is 0.332. The summed E-state index contributed by atoms with van der Waals surface area (Å²) in [5.41, 5.74) is 21.1. The SMILES string of the molecule is Cc1cc2c3c(c1)N(c1ccc(C(C)(C)C)cc1-c1ccccc1)c1sc4ccccc4c1B3N(c1ccc3c(c1)C(C)(C)CCC3(C)C)c1ccc(-c3ccccc3)cc1-2. The van der Waals surface area contributed by atoms with Gasteiger partial charge in [0.1, 0.15) is 0 Å². The van der Waals surface area contributed by atoms with Crippen LogP contribution in [0, 0.1) is 6.92 Å². The summed E-state index contributed by atoms with van der Waals surface area (Å²) in [6, 6.07) is 57.9. The second-order valence-corrected chi connectivity index (χ2v) is 21.1. The zero-order chi connectivity index (χ0) is 42.0. The first kappa shape index (κ1) is 38.1. The fourth-order valence-electron chi connectivity index (χ4n) is 10.7. The first-order valence-electron chi connectivity index (χ1n) is 22.1. The third-order valence-corrected chi connectivity index (χ3v) is 15.3. The van der Waals surface area contributed by atoms with Crippen molar-refractivity contribution in [2.75, 3.05) is 9.71 Å². The fraction of sp³-hybridized carbons (Fsp3) is 0.228. The van der Waals surface area contributed by atoms with Crippen molar-refractivity contribution >= 4 is 66.9 Å². The van der Waals surface area contributed by atoms with Crippen molar-refractivity contribution in [1.29, 1.82) is 0 Å². The summed E-state index contributed by atoms with van der Waals surface area (Å²) in [6.45, 7) is 19.0. The Bertz CT molecular complexity index is 3040. The fourth-order valence-corrected chi connectivity index (χ4v) is 11.9. The molecule has 2 nitrogen and oxygen atoms in total. The van der Waals surface area contributed by atoms with Crippen LogP contribution >= 0.6 is 11.3 Å². The van der Waals surface area contributed by atoms with Gasteiger partial charge >= 0.3 is 6.85 Å². The van der Waals surface area contributed by atoms with E-state index >= 15 is 0 Å². The molecule has 0 N–H and O–H groups in total. The first-order valence-corrected chi connectivity index (χ1v) is 22.9. The van der Waals surface area contributed by atoms with Gasteiger partial charge in [0.05, 0.1) is 10.7 Å². The molecule has 0 radical (unpaired) electrons. The Kier molecular flexibility index (Phi) is 8.49. The van der Waals surface area contributed by atoms with E-state index in [-0.39, 0.29) is 23.1 Å². The lowest BCUT2D eigenvalue weighted by Crippen LogP contribution is -2.61. The van der Waals surface area contributed by atoms with Gasteiger partial charge in [0, 0.05) is 32.9 Å². The minimum atomic E-state index is -0.0464. The lowest BCUT2D eigenvalue weighted by atomic mass is 9.43. The molecule has 2 aliphatic heterocycles. The van der Waals surface area contributed by atoms with Crippen molar-refractivity contribution in [3.63, 3.8) is 0 Å².